The van der Waals surface area contributed by atoms with Gasteiger partial charge in [0.25, 0.3) is 0 Å². The standard InChI is InChI=1S/C48H31NO2/c1-3-13-33(14-4-1)37-17-7-10-20-42(37)49(36-26-23-32(24-27-36)35-25-28-40-39-18-8-11-21-44(39)50-46(40)31-35)43-30-29-38(34-15-5-2-6-16-34)47-41-19-9-12-22-45(41)51-48(43)47/h1-31H. The summed E-state index contributed by atoms with van der Waals surface area (Å²) in [6.07, 6.45) is 0. The molecular formula is C48H31NO2. The SMILES string of the molecule is c1ccc(-c2ccccc2N(c2ccc(-c3ccc4c(c3)oc3ccccc34)cc2)c2ccc(-c3ccccc3)c3c2oc2ccccc23)cc1. The average Bonchev–Trinajstić information content (AvgIpc) is 3.78. The van der Waals surface area contributed by atoms with E-state index in [1.807, 2.05) is 18.2 Å². The zero-order chi connectivity index (χ0) is 33.7. The molecule has 51 heavy (non-hydrogen) atoms. The summed E-state index contributed by atoms with van der Waals surface area (Å²) in [6.45, 7) is 0. The Morgan fingerprint density at radius 1 is 0.333 bits per heavy atom. The summed E-state index contributed by atoms with van der Waals surface area (Å²) in [6, 6.07) is 66.1. The number of benzene rings is 8. The molecule has 0 unspecified atom stereocenters. The van der Waals surface area contributed by atoms with Gasteiger partial charge in [0.1, 0.15) is 16.7 Å². The summed E-state index contributed by atoms with van der Waals surface area (Å²) < 4.78 is 13.1. The predicted octanol–water partition coefficient (Wildman–Crippen LogP) is 14.0. The smallest absolute Gasteiger partial charge is 0.160 e. The molecule has 0 saturated heterocycles. The first-order valence-electron chi connectivity index (χ1n) is 17.3. The molecular weight excluding hydrogens is 623 g/mol. The molecule has 3 nitrogen and oxygen atoms in total. The number of hydrogen-bond donors (Lipinski definition) is 0. The number of hydrogen-bond acceptors (Lipinski definition) is 3. The van der Waals surface area contributed by atoms with E-state index in [1.54, 1.807) is 0 Å². The number of nitrogens with zero attached hydrogens (tertiary/aromatic N) is 1. The second kappa shape index (κ2) is 11.9. The predicted molar refractivity (Wildman–Crippen MR) is 212 cm³/mol. The molecule has 0 aliphatic heterocycles. The monoisotopic (exact) mass is 653 g/mol. The maximum atomic E-state index is 6.82. The van der Waals surface area contributed by atoms with E-state index in [9.17, 15) is 0 Å². The molecule has 3 heteroatoms. The molecule has 2 heterocycles. The Bertz CT molecular complexity index is 2850. The summed E-state index contributed by atoms with van der Waals surface area (Å²) >= 11 is 0. The molecule has 240 valence electrons. The maximum Gasteiger partial charge on any atom is 0.160 e. The van der Waals surface area contributed by atoms with Crippen LogP contribution in [0.2, 0.25) is 0 Å². The fourth-order valence-corrected chi connectivity index (χ4v) is 7.50. The fourth-order valence-electron chi connectivity index (χ4n) is 7.50. The third-order valence-corrected chi connectivity index (χ3v) is 9.90. The van der Waals surface area contributed by atoms with Crippen LogP contribution in [0.3, 0.4) is 0 Å². The van der Waals surface area contributed by atoms with Crippen LogP contribution in [-0.4, -0.2) is 0 Å². The number of rotatable bonds is 6. The van der Waals surface area contributed by atoms with Gasteiger partial charge in [-0.3, -0.25) is 0 Å². The quantitative estimate of drug-likeness (QED) is 0.179. The molecule has 0 bridgehead atoms. The lowest BCUT2D eigenvalue weighted by Crippen LogP contribution is -2.11. The van der Waals surface area contributed by atoms with Crippen molar-refractivity contribution in [3.63, 3.8) is 0 Å². The Morgan fingerprint density at radius 2 is 0.922 bits per heavy atom. The summed E-state index contributed by atoms with van der Waals surface area (Å²) in [7, 11) is 0. The van der Waals surface area contributed by atoms with Gasteiger partial charge in [-0.05, 0) is 76.3 Å². The minimum absolute atomic E-state index is 0.847. The Kier molecular flexibility index (Phi) is 6.81. The first-order chi connectivity index (χ1) is 25.3. The summed E-state index contributed by atoms with van der Waals surface area (Å²) in [5.74, 6) is 0. The van der Waals surface area contributed by atoms with Gasteiger partial charge >= 0.3 is 0 Å². The fraction of sp³-hybridized carbons (Fsp3) is 0. The van der Waals surface area contributed by atoms with Gasteiger partial charge < -0.3 is 13.7 Å². The molecule has 10 aromatic rings. The molecule has 0 aliphatic carbocycles. The van der Waals surface area contributed by atoms with Gasteiger partial charge in [0.15, 0.2) is 5.58 Å². The minimum Gasteiger partial charge on any atom is -0.456 e. The van der Waals surface area contributed by atoms with Gasteiger partial charge in [0, 0.05) is 32.8 Å². The minimum atomic E-state index is 0.847. The molecule has 10 rings (SSSR count). The zero-order valence-electron chi connectivity index (χ0n) is 27.7. The third kappa shape index (κ3) is 4.90. The molecule has 0 fully saturated rings. The summed E-state index contributed by atoms with van der Waals surface area (Å²) in [5.41, 5.74) is 13.4. The van der Waals surface area contributed by atoms with Crippen molar-refractivity contribution in [2.75, 3.05) is 4.90 Å². The van der Waals surface area contributed by atoms with E-state index in [0.717, 1.165) is 94.3 Å². The third-order valence-electron chi connectivity index (χ3n) is 9.90. The second-order valence-corrected chi connectivity index (χ2v) is 12.9. The van der Waals surface area contributed by atoms with E-state index in [0.29, 0.717) is 0 Å². The normalized spacial score (nSPS) is 11.5. The van der Waals surface area contributed by atoms with Crippen LogP contribution in [0.4, 0.5) is 17.1 Å². The zero-order valence-corrected chi connectivity index (χ0v) is 27.7. The Hall–Kier alpha value is -6.84. The van der Waals surface area contributed by atoms with Gasteiger partial charge in [-0.25, -0.2) is 0 Å². The molecule has 0 radical (unpaired) electrons. The summed E-state index contributed by atoms with van der Waals surface area (Å²) in [4.78, 5) is 2.34. The lowest BCUT2D eigenvalue weighted by Gasteiger charge is -2.28. The summed E-state index contributed by atoms with van der Waals surface area (Å²) in [5, 5.41) is 4.47. The van der Waals surface area contributed by atoms with E-state index < -0.39 is 0 Å². The number of furan rings is 2. The molecule has 2 aromatic heterocycles. The molecule has 0 atom stereocenters. The van der Waals surface area contributed by atoms with E-state index in [1.165, 1.54) is 0 Å². The van der Waals surface area contributed by atoms with Crippen LogP contribution in [-0.2, 0) is 0 Å². The first-order valence-corrected chi connectivity index (χ1v) is 17.3. The number of anilines is 3. The van der Waals surface area contributed by atoms with Crippen molar-refractivity contribution in [3.8, 4) is 33.4 Å². The van der Waals surface area contributed by atoms with Crippen molar-refractivity contribution >= 4 is 60.9 Å². The van der Waals surface area contributed by atoms with Crippen molar-refractivity contribution in [1.29, 1.82) is 0 Å². The van der Waals surface area contributed by atoms with Crippen LogP contribution >= 0.6 is 0 Å². The highest BCUT2D eigenvalue weighted by atomic mass is 16.3. The van der Waals surface area contributed by atoms with E-state index in [4.69, 9.17) is 8.83 Å². The van der Waals surface area contributed by atoms with Crippen molar-refractivity contribution in [2.24, 2.45) is 0 Å². The molecule has 8 aromatic carbocycles. The Balaban J connectivity index is 1.18. The molecule has 0 spiro atoms. The number of fused-ring (bicyclic) bond motifs is 6. The largest absolute Gasteiger partial charge is 0.456 e. The maximum absolute atomic E-state index is 6.82. The van der Waals surface area contributed by atoms with E-state index in [-0.39, 0.29) is 0 Å². The van der Waals surface area contributed by atoms with Gasteiger partial charge in [-0.2, -0.15) is 0 Å². The van der Waals surface area contributed by atoms with Crippen LogP contribution in [0.1, 0.15) is 0 Å². The first kappa shape index (κ1) is 29.1. The van der Waals surface area contributed by atoms with Gasteiger partial charge in [0.2, 0.25) is 0 Å². The molecule has 0 saturated carbocycles. The highest BCUT2D eigenvalue weighted by Gasteiger charge is 2.24. The van der Waals surface area contributed by atoms with Crippen LogP contribution in [0, 0.1) is 0 Å². The van der Waals surface area contributed by atoms with E-state index >= 15 is 0 Å². The van der Waals surface area contributed by atoms with Crippen molar-refractivity contribution in [2.45, 2.75) is 0 Å². The van der Waals surface area contributed by atoms with Crippen molar-refractivity contribution in [3.05, 3.63) is 188 Å². The molecule has 0 amide bonds. The topological polar surface area (TPSA) is 29.5 Å². The lowest BCUT2D eigenvalue weighted by atomic mass is 9.97. The van der Waals surface area contributed by atoms with Gasteiger partial charge in [-0.1, -0.05) is 140 Å². The number of para-hydroxylation sites is 3. The van der Waals surface area contributed by atoms with Gasteiger partial charge in [-0.15, -0.1) is 0 Å². The van der Waals surface area contributed by atoms with Crippen LogP contribution < -0.4 is 4.90 Å². The Labute approximate surface area is 295 Å². The van der Waals surface area contributed by atoms with Gasteiger partial charge in [0.05, 0.1) is 11.4 Å². The van der Waals surface area contributed by atoms with Crippen LogP contribution in [0.5, 0.6) is 0 Å². The highest BCUT2D eigenvalue weighted by Crippen LogP contribution is 2.48. The highest BCUT2D eigenvalue weighted by molar-refractivity contribution is 6.17. The van der Waals surface area contributed by atoms with Crippen molar-refractivity contribution < 1.29 is 8.83 Å². The average molecular weight is 654 g/mol. The van der Waals surface area contributed by atoms with Crippen LogP contribution in [0.25, 0.3) is 77.3 Å². The van der Waals surface area contributed by atoms with Crippen molar-refractivity contribution in [1.82, 2.24) is 0 Å². The lowest BCUT2D eigenvalue weighted by molar-refractivity contribution is 0.668. The van der Waals surface area contributed by atoms with E-state index in [2.05, 4.69) is 175 Å². The Morgan fingerprint density at radius 3 is 1.69 bits per heavy atom. The van der Waals surface area contributed by atoms with Crippen LogP contribution in [0.15, 0.2) is 197 Å². The second-order valence-electron chi connectivity index (χ2n) is 12.9. The molecule has 0 N–H and O–H groups in total. The molecule has 0 aliphatic rings.